The molecule has 1 saturated heterocycles. The van der Waals surface area contributed by atoms with Gasteiger partial charge in [-0.3, -0.25) is 0 Å². The first kappa shape index (κ1) is 7.59. The second-order valence-corrected chi connectivity index (χ2v) is 2.52. The Hall–Kier alpha value is -0.520. The highest BCUT2D eigenvalue weighted by Gasteiger charge is 2.19. The minimum Gasteiger partial charge on any atom is -0.378 e. The van der Waals surface area contributed by atoms with Crippen LogP contribution < -0.4 is 0 Å². The van der Waals surface area contributed by atoms with E-state index in [0.29, 0.717) is 0 Å². The lowest BCUT2D eigenvalue weighted by molar-refractivity contribution is -0.0407. The summed E-state index contributed by atoms with van der Waals surface area (Å²) in [5.74, 6) is 2.27. The molecule has 1 heterocycles. The van der Waals surface area contributed by atoms with Crippen molar-refractivity contribution in [3.05, 3.63) is 0 Å². The van der Waals surface area contributed by atoms with Crippen LogP contribution in [0.4, 0.5) is 0 Å². The molecule has 0 aliphatic carbocycles. The van der Waals surface area contributed by atoms with Gasteiger partial charge in [0.2, 0.25) is 0 Å². The molecule has 0 aromatic carbocycles. The van der Waals surface area contributed by atoms with Crippen LogP contribution in [0.5, 0.6) is 0 Å². The van der Waals surface area contributed by atoms with Gasteiger partial charge in [0, 0.05) is 6.61 Å². The zero-order chi connectivity index (χ0) is 7.40. The number of aliphatic hydroxyl groups is 1. The minimum atomic E-state index is -0.708. The molecular weight excluding hydrogens is 128 g/mol. The Morgan fingerprint density at radius 3 is 2.90 bits per heavy atom. The molecular formula is C8H12O2. The fourth-order valence-corrected chi connectivity index (χ4v) is 1.12. The van der Waals surface area contributed by atoms with E-state index in [1.165, 1.54) is 0 Å². The van der Waals surface area contributed by atoms with E-state index in [0.717, 1.165) is 25.9 Å². The molecule has 1 aliphatic heterocycles. The molecule has 2 nitrogen and oxygen atoms in total. The van der Waals surface area contributed by atoms with E-state index < -0.39 is 6.10 Å². The maximum absolute atomic E-state index is 9.12. The fourth-order valence-electron chi connectivity index (χ4n) is 1.12. The molecule has 0 aromatic rings. The van der Waals surface area contributed by atoms with Gasteiger partial charge in [-0.25, -0.2) is 0 Å². The summed E-state index contributed by atoms with van der Waals surface area (Å²) < 4.78 is 5.24. The predicted octanol–water partition coefficient (Wildman–Crippen LogP) is 0.550. The lowest BCUT2D eigenvalue weighted by Crippen LogP contribution is -2.30. The summed E-state index contributed by atoms with van der Waals surface area (Å²) in [6.45, 7) is 0.739. The highest BCUT2D eigenvalue weighted by molar-refractivity contribution is 4.98. The van der Waals surface area contributed by atoms with Crippen LogP contribution in [0.15, 0.2) is 0 Å². The second kappa shape index (κ2) is 3.60. The van der Waals surface area contributed by atoms with Crippen molar-refractivity contribution >= 4 is 0 Å². The Balaban J connectivity index is 2.33. The number of aliphatic hydroxyl groups excluding tert-OH is 1. The number of hydrogen-bond donors (Lipinski definition) is 1. The average Bonchev–Trinajstić information content (AvgIpc) is 2.05. The molecule has 0 saturated carbocycles. The number of rotatable bonds is 1. The van der Waals surface area contributed by atoms with E-state index in [1.807, 2.05) is 0 Å². The van der Waals surface area contributed by atoms with E-state index in [-0.39, 0.29) is 6.10 Å². The van der Waals surface area contributed by atoms with Crippen LogP contribution in [0.25, 0.3) is 0 Å². The van der Waals surface area contributed by atoms with Gasteiger partial charge in [0.1, 0.15) is 6.10 Å². The summed E-state index contributed by atoms with van der Waals surface area (Å²) in [4.78, 5) is 0. The monoisotopic (exact) mass is 140 g/mol. The molecule has 0 aromatic heterocycles. The topological polar surface area (TPSA) is 29.5 Å². The van der Waals surface area contributed by atoms with Crippen LogP contribution in [0.1, 0.15) is 19.3 Å². The second-order valence-electron chi connectivity index (χ2n) is 2.52. The maximum Gasteiger partial charge on any atom is 0.140 e. The third-order valence-electron chi connectivity index (χ3n) is 1.74. The molecule has 2 heteroatoms. The van der Waals surface area contributed by atoms with Crippen molar-refractivity contribution in [3.8, 4) is 12.3 Å². The zero-order valence-electron chi connectivity index (χ0n) is 5.92. The van der Waals surface area contributed by atoms with Gasteiger partial charge >= 0.3 is 0 Å². The van der Waals surface area contributed by atoms with Crippen molar-refractivity contribution in [2.75, 3.05) is 6.61 Å². The molecule has 0 bridgehead atoms. The minimum absolute atomic E-state index is 0.112. The quantitative estimate of drug-likeness (QED) is 0.539. The zero-order valence-corrected chi connectivity index (χ0v) is 5.92. The highest BCUT2D eigenvalue weighted by Crippen LogP contribution is 2.14. The molecule has 0 amide bonds. The normalized spacial score (nSPS) is 29.0. The first-order valence-electron chi connectivity index (χ1n) is 3.60. The maximum atomic E-state index is 9.12. The summed E-state index contributed by atoms with van der Waals surface area (Å²) >= 11 is 0. The summed E-state index contributed by atoms with van der Waals surface area (Å²) in [6, 6.07) is 0. The van der Waals surface area contributed by atoms with Gasteiger partial charge in [0.25, 0.3) is 0 Å². The molecule has 0 spiro atoms. The fraction of sp³-hybridized carbons (Fsp3) is 0.750. The number of ether oxygens (including phenoxy) is 1. The van der Waals surface area contributed by atoms with Crippen molar-refractivity contribution in [2.45, 2.75) is 31.5 Å². The van der Waals surface area contributed by atoms with Gasteiger partial charge in [-0.15, -0.1) is 6.42 Å². The van der Waals surface area contributed by atoms with Crippen LogP contribution in [0.3, 0.4) is 0 Å². The van der Waals surface area contributed by atoms with E-state index in [1.54, 1.807) is 0 Å². The summed E-state index contributed by atoms with van der Waals surface area (Å²) in [6.07, 6.45) is 7.30. The van der Waals surface area contributed by atoms with Gasteiger partial charge in [0.15, 0.2) is 0 Å². The largest absolute Gasteiger partial charge is 0.378 e. The summed E-state index contributed by atoms with van der Waals surface area (Å²) in [7, 11) is 0. The van der Waals surface area contributed by atoms with Crippen molar-refractivity contribution in [1.29, 1.82) is 0 Å². The van der Waals surface area contributed by atoms with Crippen molar-refractivity contribution < 1.29 is 9.84 Å². The Kier molecular flexibility index (Phi) is 2.73. The predicted molar refractivity (Wildman–Crippen MR) is 38.4 cm³/mol. The van der Waals surface area contributed by atoms with Crippen LogP contribution in [-0.4, -0.2) is 23.9 Å². The molecule has 1 rings (SSSR count). The Labute approximate surface area is 61.2 Å². The third-order valence-corrected chi connectivity index (χ3v) is 1.74. The Morgan fingerprint density at radius 1 is 1.60 bits per heavy atom. The van der Waals surface area contributed by atoms with E-state index >= 15 is 0 Å². The standard InChI is InChI=1S/C8H12O2/c1-2-7(9)8-5-3-4-6-10-8/h1,7-9H,3-6H2. The Bertz CT molecular complexity index is 131. The van der Waals surface area contributed by atoms with Crippen molar-refractivity contribution in [1.82, 2.24) is 0 Å². The molecule has 10 heavy (non-hydrogen) atoms. The van der Waals surface area contributed by atoms with Crippen molar-refractivity contribution in [3.63, 3.8) is 0 Å². The lowest BCUT2D eigenvalue weighted by Gasteiger charge is -2.23. The summed E-state index contributed by atoms with van der Waals surface area (Å²) in [5, 5.41) is 9.12. The van der Waals surface area contributed by atoms with E-state index in [9.17, 15) is 0 Å². The SMILES string of the molecule is C#CC(O)C1CCCCO1. The Morgan fingerprint density at radius 2 is 2.40 bits per heavy atom. The van der Waals surface area contributed by atoms with Crippen LogP contribution >= 0.6 is 0 Å². The van der Waals surface area contributed by atoms with Crippen LogP contribution in [-0.2, 0) is 4.74 Å². The number of hydrogen-bond acceptors (Lipinski definition) is 2. The molecule has 1 fully saturated rings. The summed E-state index contributed by atoms with van der Waals surface area (Å²) in [5.41, 5.74) is 0. The van der Waals surface area contributed by atoms with Crippen molar-refractivity contribution in [2.24, 2.45) is 0 Å². The van der Waals surface area contributed by atoms with Crippen LogP contribution in [0, 0.1) is 12.3 Å². The first-order chi connectivity index (χ1) is 4.84. The van der Waals surface area contributed by atoms with Gasteiger partial charge in [-0.05, 0) is 19.3 Å². The average molecular weight is 140 g/mol. The molecule has 2 unspecified atom stereocenters. The van der Waals surface area contributed by atoms with Crippen LogP contribution in [0.2, 0.25) is 0 Å². The molecule has 56 valence electrons. The third kappa shape index (κ3) is 1.73. The molecule has 1 N–H and O–H groups in total. The molecule has 1 aliphatic rings. The highest BCUT2D eigenvalue weighted by atomic mass is 16.5. The van der Waals surface area contributed by atoms with Gasteiger partial charge in [-0.2, -0.15) is 0 Å². The smallest absolute Gasteiger partial charge is 0.140 e. The van der Waals surface area contributed by atoms with E-state index in [4.69, 9.17) is 16.3 Å². The lowest BCUT2D eigenvalue weighted by atomic mass is 10.1. The van der Waals surface area contributed by atoms with E-state index in [2.05, 4.69) is 5.92 Å². The molecule has 2 atom stereocenters. The molecule has 0 radical (unpaired) electrons. The van der Waals surface area contributed by atoms with Gasteiger partial charge in [0.05, 0.1) is 6.10 Å². The number of terminal acetylenes is 1. The first-order valence-corrected chi connectivity index (χ1v) is 3.60. The van der Waals surface area contributed by atoms with Gasteiger partial charge < -0.3 is 9.84 Å². The van der Waals surface area contributed by atoms with Gasteiger partial charge in [-0.1, -0.05) is 5.92 Å².